The van der Waals surface area contributed by atoms with Crippen molar-refractivity contribution in [2.24, 2.45) is 4.99 Å². The molecular formula is C17H18F3NO2S. The fourth-order valence-corrected chi connectivity index (χ4v) is 1.90. The smallest absolute Gasteiger partial charge is 0.382 e. The highest BCUT2D eigenvalue weighted by molar-refractivity contribution is 8.11. The van der Waals surface area contributed by atoms with Crippen LogP contribution >= 0.6 is 11.8 Å². The highest BCUT2D eigenvalue weighted by Gasteiger charge is 2.30. The molecule has 0 atom stereocenters. The van der Waals surface area contributed by atoms with Gasteiger partial charge < -0.3 is 5.11 Å². The Bertz CT molecular complexity index is 635. The largest absolute Gasteiger partial charge is 0.416 e. The molecule has 0 fully saturated rings. The Hall–Kier alpha value is -1.86. The van der Waals surface area contributed by atoms with Gasteiger partial charge in [-0.3, -0.25) is 9.79 Å². The SMILES string of the molecule is CCC1(O)C=CC(=O)C=C1.CSC=Nc1cccc(C(F)(F)F)c1. The predicted octanol–water partition coefficient (Wildman–Crippen LogP) is 4.55. The maximum atomic E-state index is 12.2. The van der Waals surface area contributed by atoms with Gasteiger partial charge in [0.2, 0.25) is 0 Å². The zero-order valence-electron chi connectivity index (χ0n) is 13.2. The molecule has 0 saturated heterocycles. The molecule has 7 heteroatoms. The summed E-state index contributed by atoms with van der Waals surface area (Å²) in [6, 6.07) is 4.92. The molecule has 1 aromatic carbocycles. The Morgan fingerprint density at radius 2 is 1.92 bits per heavy atom. The van der Waals surface area contributed by atoms with Crippen LogP contribution in [-0.4, -0.2) is 28.3 Å². The topological polar surface area (TPSA) is 49.7 Å². The number of aliphatic hydroxyl groups is 1. The minimum Gasteiger partial charge on any atom is -0.382 e. The standard InChI is InChI=1S/C9H8F3NS.C8H10O2/c1-14-6-13-8-4-2-3-7(5-8)9(10,11)12;1-2-8(10)5-3-7(9)4-6-8/h2-6H,1H3;3-6,10H,2H2,1H3. The average molecular weight is 357 g/mol. The zero-order valence-corrected chi connectivity index (χ0v) is 14.1. The van der Waals surface area contributed by atoms with Gasteiger partial charge in [-0.25, -0.2) is 0 Å². The fraction of sp³-hybridized carbons (Fsp3) is 0.294. The number of nitrogens with zero attached hydrogens (tertiary/aromatic N) is 1. The molecule has 0 aromatic heterocycles. The lowest BCUT2D eigenvalue weighted by Crippen LogP contribution is -2.24. The summed E-state index contributed by atoms with van der Waals surface area (Å²) in [7, 11) is 0. The molecule has 0 unspecified atom stereocenters. The highest BCUT2D eigenvalue weighted by Crippen LogP contribution is 2.31. The lowest BCUT2D eigenvalue weighted by Gasteiger charge is -2.19. The van der Waals surface area contributed by atoms with Crippen LogP contribution in [0.5, 0.6) is 0 Å². The molecule has 0 radical (unpaired) electrons. The van der Waals surface area contributed by atoms with Gasteiger partial charge in [-0.1, -0.05) is 13.0 Å². The lowest BCUT2D eigenvalue weighted by atomic mass is 9.95. The van der Waals surface area contributed by atoms with Gasteiger partial charge in [0.25, 0.3) is 0 Å². The Morgan fingerprint density at radius 1 is 1.29 bits per heavy atom. The molecule has 1 aliphatic carbocycles. The fourth-order valence-electron chi connectivity index (χ4n) is 1.68. The van der Waals surface area contributed by atoms with Crippen LogP contribution in [0.25, 0.3) is 0 Å². The molecule has 0 spiro atoms. The number of ketones is 1. The number of hydrogen-bond acceptors (Lipinski definition) is 4. The Balaban J connectivity index is 0.000000254. The van der Waals surface area contributed by atoms with Crippen LogP contribution in [-0.2, 0) is 11.0 Å². The second kappa shape index (κ2) is 8.84. The maximum Gasteiger partial charge on any atom is 0.416 e. The molecule has 24 heavy (non-hydrogen) atoms. The zero-order chi connectivity index (χ0) is 18.2. The molecule has 0 bridgehead atoms. The number of halogens is 3. The van der Waals surface area contributed by atoms with Crippen LogP contribution in [0.15, 0.2) is 53.6 Å². The summed E-state index contributed by atoms with van der Waals surface area (Å²) in [6.07, 6.45) is 3.92. The average Bonchev–Trinajstić information content (AvgIpc) is 2.56. The van der Waals surface area contributed by atoms with Crippen molar-refractivity contribution in [3.05, 3.63) is 54.1 Å². The second-order valence-electron chi connectivity index (χ2n) is 4.93. The summed E-state index contributed by atoms with van der Waals surface area (Å²) in [6.45, 7) is 1.87. The third kappa shape index (κ3) is 6.72. The van der Waals surface area contributed by atoms with E-state index in [-0.39, 0.29) is 5.78 Å². The van der Waals surface area contributed by atoms with E-state index in [2.05, 4.69) is 4.99 Å². The van der Waals surface area contributed by atoms with Crippen molar-refractivity contribution >= 4 is 28.8 Å². The first kappa shape index (κ1) is 20.2. The highest BCUT2D eigenvalue weighted by atomic mass is 32.2. The lowest BCUT2D eigenvalue weighted by molar-refractivity contribution is -0.137. The number of hydrogen-bond donors (Lipinski definition) is 1. The summed E-state index contributed by atoms with van der Waals surface area (Å²) in [4.78, 5) is 14.4. The number of carbonyl (C=O) groups is 1. The first-order valence-electron chi connectivity index (χ1n) is 7.07. The molecule has 1 N–H and O–H groups in total. The summed E-state index contributed by atoms with van der Waals surface area (Å²) < 4.78 is 36.7. The van der Waals surface area contributed by atoms with Gasteiger partial charge in [-0.2, -0.15) is 13.2 Å². The molecule has 0 saturated carbocycles. The molecule has 0 heterocycles. The van der Waals surface area contributed by atoms with Crippen LogP contribution in [0.2, 0.25) is 0 Å². The number of aliphatic imine (C=N–C) groups is 1. The van der Waals surface area contributed by atoms with Gasteiger partial charge in [0.05, 0.1) is 16.8 Å². The first-order chi connectivity index (χ1) is 11.2. The molecule has 0 amide bonds. The van der Waals surface area contributed by atoms with Crippen LogP contribution in [0.4, 0.5) is 18.9 Å². The van der Waals surface area contributed by atoms with E-state index >= 15 is 0 Å². The van der Waals surface area contributed by atoms with Gasteiger partial charge in [0, 0.05) is 0 Å². The van der Waals surface area contributed by atoms with E-state index in [4.69, 9.17) is 0 Å². The van der Waals surface area contributed by atoms with Gasteiger partial charge in [-0.05, 0) is 55.2 Å². The van der Waals surface area contributed by atoms with Gasteiger partial charge >= 0.3 is 6.18 Å². The Morgan fingerprint density at radius 3 is 2.42 bits per heavy atom. The monoisotopic (exact) mass is 357 g/mol. The van der Waals surface area contributed by atoms with Crippen LogP contribution < -0.4 is 0 Å². The second-order valence-corrected chi connectivity index (χ2v) is 5.61. The number of rotatable bonds is 3. The third-order valence-corrected chi connectivity index (χ3v) is 3.44. The normalized spacial score (nSPS) is 16.2. The van der Waals surface area contributed by atoms with Crippen molar-refractivity contribution in [2.45, 2.75) is 25.1 Å². The first-order valence-corrected chi connectivity index (χ1v) is 8.36. The summed E-state index contributed by atoms with van der Waals surface area (Å²) in [5, 5.41) is 9.47. The van der Waals surface area contributed by atoms with Crippen LogP contribution in [0.3, 0.4) is 0 Å². The van der Waals surface area contributed by atoms with Crippen molar-refractivity contribution in [3.63, 3.8) is 0 Å². The minimum atomic E-state index is -4.30. The van der Waals surface area contributed by atoms with Crippen LogP contribution in [0.1, 0.15) is 18.9 Å². The van der Waals surface area contributed by atoms with E-state index in [9.17, 15) is 23.1 Å². The maximum absolute atomic E-state index is 12.2. The number of benzene rings is 1. The van der Waals surface area contributed by atoms with E-state index in [1.54, 1.807) is 6.26 Å². The van der Waals surface area contributed by atoms with Gasteiger partial charge in [0.1, 0.15) is 5.60 Å². The molecule has 1 aliphatic rings. The van der Waals surface area contributed by atoms with Gasteiger partial charge in [0.15, 0.2) is 5.78 Å². The molecule has 130 valence electrons. The van der Waals surface area contributed by atoms with Crippen molar-refractivity contribution in [2.75, 3.05) is 6.26 Å². The number of carbonyl (C=O) groups excluding carboxylic acids is 1. The number of allylic oxidation sites excluding steroid dienone is 2. The summed E-state index contributed by atoms with van der Waals surface area (Å²) in [5.41, 5.74) is 0.256. The van der Waals surface area contributed by atoms with Gasteiger partial charge in [-0.15, -0.1) is 11.8 Å². The van der Waals surface area contributed by atoms with E-state index in [1.807, 2.05) is 6.92 Å². The quantitative estimate of drug-likeness (QED) is 0.638. The number of alkyl halides is 3. The summed E-state index contributed by atoms with van der Waals surface area (Å²) in [5.74, 6) is -0.0573. The summed E-state index contributed by atoms with van der Waals surface area (Å²) >= 11 is 1.34. The van der Waals surface area contributed by atoms with Crippen LogP contribution in [0, 0.1) is 0 Å². The van der Waals surface area contributed by atoms with E-state index in [1.165, 1.54) is 53.7 Å². The molecular weight excluding hydrogens is 339 g/mol. The Labute approximate surface area is 143 Å². The molecule has 2 rings (SSSR count). The van der Waals surface area contributed by atoms with Crippen molar-refractivity contribution in [1.29, 1.82) is 0 Å². The molecule has 0 aliphatic heterocycles. The third-order valence-electron chi connectivity index (χ3n) is 3.12. The Kier molecular flexibility index (Phi) is 7.44. The van der Waals surface area contributed by atoms with E-state index < -0.39 is 17.3 Å². The van der Waals surface area contributed by atoms with Crippen molar-refractivity contribution in [3.8, 4) is 0 Å². The molecule has 3 nitrogen and oxygen atoms in total. The predicted molar refractivity (Wildman–Crippen MR) is 91.6 cm³/mol. The van der Waals surface area contributed by atoms with E-state index in [0.717, 1.165) is 12.1 Å². The molecule has 1 aromatic rings. The number of thioether (sulfide) groups is 1. The minimum absolute atomic E-state index is 0.0573. The van der Waals surface area contributed by atoms with E-state index in [0.29, 0.717) is 12.1 Å². The van der Waals surface area contributed by atoms with Crippen molar-refractivity contribution < 1.29 is 23.1 Å². The van der Waals surface area contributed by atoms with Crippen molar-refractivity contribution in [1.82, 2.24) is 0 Å².